The highest BCUT2D eigenvalue weighted by Gasteiger charge is 2.51. The third-order valence-electron chi connectivity index (χ3n) is 12.8. The first kappa shape index (κ1) is 41.6. The van der Waals surface area contributed by atoms with Crippen molar-refractivity contribution < 1.29 is 23.5 Å². The van der Waals surface area contributed by atoms with Crippen molar-refractivity contribution in [1.82, 2.24) is 23.8 Å². The summed E-state index contributed by atoms with van der Waals surface area (Å²) in [5, 5.41) is 6.99. The Morgan fingerprint density at radius 2 is 1.62 bits per heavy atom. The van der Waals surface area contributed by atoms with Gasteiger partial charge in [0, 0.05) is 37.1 Å². The maximum absolute atomic E-state index is 15.2. The van der Waals surface area contributed by atoms with E-state index in [1.807, 2.05) is 43.3 Å². The molecule has 0 bridgehead atoms. The first-order valence-electron chi connectivity index (χ1n) is 20.7. The maximum atomic E-state index is 15.2. The lowest BCUT2D eigenvalue weighted by Gasteiger charge is -2.44. The van der Waals surface area contributed by atoms with Gasteiger partial charge in [0.2, 0.25) is 5.91 Å². The van der Waals surface area contributed by atoms with E-state index in [1.165, 1.54) is 40.0 Å². The molecule has 1 saturated carbocycles. The molecule has 6 aromatic rings. The Balaban J connectivity index is 1.13. The van der Waals surface area contributed by atoms with E-state index in [1.54, 1.807) is 36.3 Å². The van der Waals surface area contributed by atoms with E-state index >= 15 is 4.39 Å². The molecule has 0 unspecified atom stereocenters. The molecule has 1 N–H and O–H groups in total. The van der Waals surface area contributed by atoms with E-state index in [-0.39, 0.29) is 18.6 Å². The SMILES string of the molecule is COc1ccc(F)cc1[C@H](Cn1c(=O)n([C@@H]2CCN(C)C2=O)c(=O)c2c(C)c(-n3cccn3)sc21)O[C@H]1CC[C@@H](CC(C)(C)[Si](O)(c2ccccc2)c2ccccc2)CC1. The Morgan fingerprint density at radius 1 is 0.950 bits per heavy atom. The van der Waals surface area contributed by atoms with Gasteiger partial charge in [-0.1, -0.05) is 85.8 Å². The normalized spacial score (nSPS) is 19.3. The zero-order chi connectivity index (χ0) is 42.3. The van der Waals surface area contributed by atoms with Gasteiger partial charge in [0.1, 0.15) is 33.5 Å². The fourth-order valence-corrected chi connectivity index (χ4v) is 14.7. The smallest absolute Gasteiger partial charge is 0.332 e. The number of ether oxygens (including phenoxy) is 2. The van der Waals surface area contributed by atoms with Crippen molar-refractivity contribution in [3.63, 3.8) is 0 Å². The number of nitrogens with zero attached hydrogens (tertiary/aromatic N) is 5. The zero-order valence-electron chi connectivity index (χ0n) is 34.7. The summed E-state index contributed by atoms with van der Waals surface area (Å²) >= 11 is 1.27. The Bertz CT molecular complexity index is 2560. The highest BCUT2D eigenvalue weighted by atomic mass is 32.1. The number of carbonyl (C=O) groups excluding carboxylic acids is 1. The lowest BCUT2D eigenvalue weighted by molar-refractivity contribution is -0.129. The van der Waals surface area contributed by atoms with Gasteiger partial charge in [-0.2, -0.15) is 5.10 Å². The molecule has 2 fully saturated rings. The van der Waals surface area contributed by atoms with Gasteiger partial charge in [0.25, 0.3) is 13.9 Å². The fraction of sp³-hybridized carbons (Fsp3) is 0.391. The number of aryl methyl sites for hydroxylation is 1. The number of rotatable bonds is 13. The molecule has 0 radical (unpaired) electrons. The highest BCUT2D eigenvalue weighted by molar-refractivity contribution is 7.21. The molecule has 2 aliphatic rings. The standard InChI is InChI=1S/C46H52FN5O6SSi/c1-30-40-42(54)52(37-23-26-49(4)41(37)53)45(55)50(44(40)59-43(30)51-25-12-24-48-51)29-39(36-27-32(47)19-22-38(36)57-5)58-33-20-17-31(18-21-33)28-46(2,3)60(56,34-13-8-6-9-14-34)35-15-10-7-11-16-35/h6-16,19,22,24-25,27,31,33,37,39,56H,17-18,20-21,23,26,28-29H2,1-5H3/t31-,33+,37-,39+/m1/s1. The van der Waals surface area contributed by atoms with Crippen LogP contribution in [0.3, 0.4) is 0 Å². The number of benzene rings is 3. The van der Waals surface area contributed by atoms with Crippen LogP contribution in [0.5, 0.6) is 5.75 Å². The van der Waals surface area contributed by atoms with E-state index in [4.69, 9.17) is 9.47 Å². The van der Waals surface area contributed by atoms with Gasteiger partial charge in [-0.15, -0.1) is 0 Å². The lowest BCUT2D eigenvalue weighted by Crippen LogP contribution is -2.65. The largest absolute Gasteiger partial charge is 0.496 e. The molecule has 1 aliphatic heterocycles. The number of thiophene rings is 1. The number of hydrogen-bond acceptors (Lipinski definition) is 8. The molecule has 11 nitrogen and oxygen atoms in total. The molecule has 2 atom stereocenters. The van der Waals surface area contributed by atoms with Crippen molar-refractivity contribution in [3.8, 4) is 10.8 Å². The predicted molar refractivity (Wildman–Crippen MR) is 235 cm³/mol. The van der Waals surface area contributed by atoms with Crippen molar-refractivity contribution in [1.29, 1.82) is 0 Å². The predicted octanol–water partition coefficient (Wildman–Crippen LogP) is 6.51. The Hall–Kier alpha value is -5.15. The molecular formula is C46H52FN5O6SSi. The quantitative estimate of drug-likeness (QED) is 0.132. The van der Waals surface area contributed by atoms with Crippen molar-refractivity contribution >= 4 is 46.2 Å². The summed E-state index contributed by atoms with van der Waals surface area (Å²) in [6, 6.07) is 25.3. The van der Waals surface area contributed by atoms with Crippen LogP contribution in [0.1, 0.15) is 75.6 Å². The molecule has 14 heteroatoms. The second-order valence-electron chi connectivity index (χ2n) is 17.0. The summed E-state index contributed by atoms with van der Waals surface area (Å²) in [4.78, 5) is 57.3. The van der Waals surface area contributed by atoms with Gasteiger partial charge in [-0.3, -0.25) is 14.2 Å². The minimum Gasteiger partial charge on any atom is -0.496 e. The second-order valence-corrected chi connectivity index (χ2v) is 21.9. The number of likely N-dealkylation sites (tertiary alicyclic amines) is 1. The third kappa shape index (κ3) is 7.48. The molecule has 1 aliphatic carbocycles. The van der Waals surface area contributed by atoms with Crippen LogP contribution in [0.4, 0.5) is 4.39 Å². The summed E-state index contributed by atoms with van der Waals surface area (Å²) in [5.74, 6) is -0.0360. The Labute approximate surface area is 353 Å². The van der Waals surface area contributed by atoms with Gasteiger partial charge >= 0.3 is 5.69 Å². The summed E-state index contributed by atoms with van der Waals surface area (Å²) in [6.07, 6.45) is 6.65. The molecular weight excluding hydrogens is 798 g/mol. The minimum atomic E-state index is -3.20. The molecule has 60 heavy (non-hydrogen) atoms. The number of methoxy groups -OCH3 is 1. The topological polar surface area (TPSA) is 121 Å². The second kappa shape index (κ2) is 16.7. The van der Waals surface area contributed by atoms with E-state index < -0.39 is 42.6 Å². The average molecular weight is 850 g/mol. The number of halogens is 1. The monoisotopic (exact) mass is 849 g/mol. The number of hydrogen-bond donors (Lipinski definition) is 1. The van der Waals surface area contributed by atoms with Crippen LogP contribution >= 0.6 is 11.3 Å². The van der Waals surface area contributed by atoms with Crippen molar-refractivity contribution in [2.45, 2.75) is 89.1 Å². The van der Waals surface area contributed by atoms with Crippen LogP contribution in [-0.4, -0.2) is 69.6 Å². The van der Waals surface area contributed by atoms with Crippen LogP contribution in [0.25, 0.3) is 15.2 Å². The van der Waals surface area contributed by atoms with Crippen molar-refractivity contribution in [2.24, 2.45) is 5.92 Å². The van der Waals surface area contributed by atoms with Crippen LogP contribution in [0.2, 0.25) is 5.04 Å². The molecule has 3 aromatic carbocycles. The molecule has 314 valence electrons. The number of carbonyl (C=O) groups is 1. The van der Waals surface area contributed by atoms with Gasteiger partial charge in [-0.05, 0) is 91.0 Å². The summed E-state index contributed by atoms with van der Waals surface area (Å²) < 4.78 is 32.2. The molecule has 3 aromatic heterocycles. The first-order chi connectivity index (χ1) is 28.8. The van der Waals surface area contributed by atoms with E-state index in [9.17, 15) is 19.2 Å². The lowest BCUT2D eigenvalue weighted by atomic mass is 9.82. The summed E-state index contributed by atoms with van der Waals surface area (Å²) in [6.45, 7) is 6.58. The Kier molecular flexibility index (Phi) is 11.6. The molecule has 0 spiro atoms. The number of amides is 1. The van der Waals surface area contributed by atoms with Gasteiger partial charge in [-0.25, -0.2) is 18.4 Å². The highest BCUT2D eigenvalue weighted by Crippen LogP contribution is 2.46. The van der Waals surface area contributed by atoms with Crippen LogP contribution in [0.15, 0.2) is 107 Å². The van der Waals surface area contributed by atoms with Crippen molar-refractivity contribution in [3.05, 3.63) is 135 Å². The van der Waals surface area contributed by atoms with E-state index in [2.05, 4.69) is 43.2 Å². The molecule has 1 amide bonds. The Morgan fingerprint density at radius 3 is 2.20 bits per heavy atom. The zero-order valence-corrected chi connectivity index (χ0v) is 36.5. The number of aromatic nitrogens is 4. The number of likely N-dealkylation sites (N-methyl/N-ethyl adjacent to an activating group) is 1. The van der Waals surface area contributed by atoms with Crippen LogP contribution < -0.4 is 26.4 Å². The van der Waals surface area contributed by atoms with Gasteiger partial charge < -0.3 is 19.2 Å². The van der Waals surface area contributed by atoms with Gasteiger partial charge in [0.05, 0.1) is 25.1 Å². The van der Waals surface area contributed by atoms with Gasteiger partial charge in [0.15, 0.2) is 0 Å². The van der Waals surface area contributed by atoms with E-state index in [0.29, 0.717) is 51.0 Å². The first-order valence-corrected chi connectivity index (χ1v) is 23.4. The third-order valence-corrected chi connectivity index (χ3v) is 18.6. The maximum Gasteiger partial charge on any atom is 0.332 e. The average Bonchev–Trinajstić information content (AvgIpc) is 3.99. The van der Waals surface area contributed by atoms with Crippen molar-refractivity contribution in [2.75, 3.05) is 20.7 Å². The minimum absolute atomic E-state index is 0.0651. The van der Waals surface area contributed by atoms with E-state index in [0.717, 1.165) is 47.0 Å². The molecule has 4 heterocycles. The van der Waals surface area contributed by atoms with Crippen LogP contribution in [-0.2, 0) is 16.1 Å². The summed E-state index contributed by atoms with van der Waals surface area (Å²) in [5.41, 5.74) is -0.0689. The molecule has 1 saturated heterocycles. The number of fused-ring (bicyclic) bond motifs is 1. The summed E-state index contributed by atoms with van der Waals surface area (Å²) in [7, 11) is -0.0171. The fourth-order valence-electron chi connectivity index (χ4n) is 9.66. The van der Waals surface area contributed by atoms with Crippen LogP contribution in [0, 0.1) is 18.7 Å². The molecule has 8 rings (SSSR count).